The summed E-state index contributed by atoms with van der Waals surface area (Å²) in [4.78, 5) is 24.3. The molecule has 0 saturated carbocycles. The van der Waals surface area contributed by atoms with Crippen molar-refractivity contribution in [3.8, 4) is 0 Å². The Morgan fingerprint density at radius 3 is 1.10 bits per heavy atom. The first-order valence-corrected chi connectivity index (χ1v) is 2.24. The Labute approximate surface area is 73.8 Å². The smallest absolute Gasteiger partial charge is 0.790 e. The maximum Gasteiger partial charge on any atom is 2.00 e. The van der Waals surface area contributed by atoms with Gasteiger partial charge in [0.2, 0.25) is 0 Å². The van der Waals surface area contributed by atoms with Gasteiger partial charge in [-0.25, -0.2) is 0 Å². The van der Waals surface area contributed by atoms with Gasteiger partial charge in [0.1, 0.15) is 0 Å². The standard InChI is InChI=1S/Mg.2H3N.H3O4P.2H2O/c;;;1-5(2,3)4;;/h;2*1H3;(H3,1,2,3,4);2*1H2/q+2;;;;;/p-2. The molecule has 0 amide bonds. The van der Waals surface area contributed by atoms with Crippen molar-refractivity contribution >= 4 is 30.9 Å². The van der Waals surface area contributed by atoms with Crippen molar-refractivity contribution < 1.29 is 30.2 Å². The van der Waals surface area contributed by atoms with Crippen molar-refractivity contribution in [3.05, 3.63) is 0 Å². The van der Waals surface area contributed by atoms with Gasteiger partial charge in [0.15, 0.2) is 0 Å². The van der Waals surface area contributed by atoms with Gasteiger partial charge in [0, 0.05) is 0 Å². The van der Waals surface area contributed by atoms with E-state index in [-0.39, 0.29) is 46.3 Å². The van der Waals surface area contributed by atoms with E-state index in [9.17, 15) is 0 Å². The zero-order chi connectivity index (χ0) is 4.50. The Hall–Kier alpha value is 0.716. The van der Waals surface area contributed by atoms with Crippen LogP contribution in [0.4, 0.5) is 0 Å². The zero-order valence-electron chi connectivity index (χ0n) is 5.24. The van der Waals surface area contributed by atoms with E-state index in [1.807, 2.05) is 0 Å². The molecule has 0 aliphatic carbocycles. The van der Waals surface area contributed by atoms with Crippen LogP contribution in [0.15, 0.2) is 0 Å². The summed E-state index contributed by atoms with van der Waals surface area (Å²) in [5.41, 5.74) is 0. The summed E-state index contributed by atoms with van der Waals surface area (Å²) in [5.74, 6) is 0. The van der Waals surface area contributed by atoms with E-state index in [4.69, 9.17) is 19.2 Å². The SMILES string of the molecule is N.N.O.O.O=P([O-])([O-])O.[Mg+2]. The van der Waals surface area contributed by atoms with Crippen molar-refractivity contribution in [1.29, 1.82) is 0 Å². The van der Waals surface area contributed by atoms with Crippen molar-refractivity contribution in [2.24, 2.45) is 0 Å². The van der Waals surface area contributed by atoms with E-state index in [0.717, 1.165) is 0 Å². The molecule has 0 atom stereocenters. The first-order valence-electron chi connectivity index (χ1n) is 0.748. The number of hydrogen-bond acceptors (Lipinski definition) is 5. The van der Waals surface area contributed by atoms with Crippen LogP contribution in [0.1, 0.15) is 0 Å². The second-order valence-corrected chi connectivity index (χ2v) is 1.41. The summed E-state index contributed by atoms with van der Waals surface area (Å²) in [5, 5.41) is 0. The molecule has 0 spiro atoms. The minimum atomic E-state index is -5.14. The fourth-order valence-electron chi connectivity index (χ4n) is 0. The van der Waals surface area contributed by atoms with Crippen LogP contribution in [-0.4, -0.2) is 38.9 Å². The number of phosphoric acid groups is 1. The van der Waals surface area contributed by atoms with Crippen molar-refractivity contribution in [2.75, 3.05) is 0 Å². The third-order valence-electron chi connectivity index (χ3n) is 0. The molecule has 0 aromatic rings. The van der Waals surface area contributed by atoms with Gasteiger partial charge in [-0.1, -0.05) is 0 Å². The average molecular weight is 190 g/mol. The second-order valence-electron chi connectivity index (χ2n) is 0.469. The molecule has 10 heteroatoms. The van der Waals surface area contributed by atoms with E-state index in [1.165, 1.54) is 0 Å². The molecule has 0 unspecified atom stereocenters. The van der Waals surface area contributed by atoms with E-state index in [0.29, 0.717) is 0 Å². The van der Waals surface area contributed by atoms with Crippen LogP contribution in [0.2, 0.25) is 0 Å². The molecular weight excluding hydrogens is 179 g/mol. The maximum absolute atomic E-state index is 8.66. The zero-order valence-corrected chi connectivity index (χ0v) is 7.55. The first kappa shape index (κ1) is 45.5. The molecule has 10 heavy (non-hydrogen) atoms. The molecule has 0 saturated heterocycles. The Balaban J connectivity index is -0.00000000800. The molecule has 8 nitrogen and oxygen atoms in total. The monoisotopic (exact) mass is 190 g/mol. The Bertz CT molecular complexity index is 61.9. The van der Waals surface area contributed by atoms with Gasteiger partial charge in [0.25, 0.3) is 0 Å². The van der Waals surface area contributed by atoms with E-state index < -0.39 is 7.82 Å². The number of rotatable bonds is 0. The Morgan fingerprint density at radius 2 is 1.10 bits per heavy atom. The quantitative estimate of drug-likeness (QED) is 0.256. The Morgan fingerprint density at radius 1 is 1.10 bits per heavy atom. The van der Waals surface area contributed by atoms with Crippen LogP contribution in [0.25, 0.3) is 0 Å². The normalized spacial score (nSPS) is 5.90. The summed E-state index contributed by atoms with van der Waals surface area (Å²) in [7, 11) is -5.14. The van der Waals surface area contributed by atoms with Gasteiger partial charge in [0.05, 0.1) is 7.82 Å². The summed E-state index contributed by atoms with van der Waals surface area (Å²) < 4.78 is 8.66. The molecule has 0 aliphatic heterocycles. The van der Waals surface area contributed by atoms with E-state index in [2.05, 4.69) is 0 Å². The van der Waals surface area contributed by atoms with Gasteiger partial charge in [-0.3, -0.25) is 0 Å². The predicted octanol–water partition coefficient (Wildman–Crippen LogP) is -3.90. The molecule has 64 valence electrons. The van der Waals surface area contributed by atoms with Crippen LogP contribution in [0.3, 0.4) is 0 Å². The summed E-state index contributed by atoms with van der Waals surface area (Å²) in [6, 6.07) is 0. The topological polar surface area (TPSA) is 216 Å². The molecule has 0 fully saturated rings. The van der Waals surface area contributed by atoms with E-state index >= 15 is 0 Å². The first-order chi connectivity index (χ1) is 2.00. The minimum absolute atomic E-state index is 0. The fraction of sp³-hybridized carbons (Fsp3) is 0. The van der Waals surface area contributed by atoms with Crippen LogP contribution in [-0.2, 0) is 4.57 Å². The van der Waals surface area contributed by atoms with Crippen LogP contribution in [0.5, 0.6) is 0 Å². The molecule has 0 rings (SSSR count). The third kappa shape index (κ3) is 1010. The minimum Gasteiger partial charge on any atom is -0.790 e. The van der Waals surface area contributed by atoms with Crippen LogP contribution >= 0.6 is 7.82 Å². The van der Waals surface area contributed by atoms with Crippen molar-refractivity contribution in [2.45, 2.75) is 0 Å². The van der Waals surface area contributed by atoms with Gasteiger partial charge < -0.3 is 42.5 Å². The molecule has 0 aromatic carbocycles. The third-order valence-corrected chi connectivity index (χ3v) is 0. The second kappa shape index (κ2) is 16.4. The summed E-state index contributed by atoms with van der Waals surface area (Å²) in [6.07, 6.45) is 0. The number of hydrogen-bond donors (Lipinski definition) is 3. The van der Waals surface area contributed by atoms with Crippen LogP contribution < -0.4 is 22.1 Å². The summed E-state index contributed by atoms with van der Waals surface area (Å²) >= 11 is 0. The Kier molecular flexibility index (Phi) is 74.4. The van der Waals surface area contributed by atoms with Crippen molar-refractivity contribution in [1.82, 2.24) is 12.3 Å². The molecule has 11 N–H and O–H groups in total. The molecule has 0 aromatic heterocycles. The molecule has 0 heterocycles. The average Bonchev–Trinajstić information content (AvgIpc) is 0.722. The van der Waals surface area contributed by atoms with Gasteiger partial charge in [-0.05, 0) is 0 Å². The van der Waals surface area contributed by atoms with Crippen molar-refractivity contribution in [3.63, 3.8) is 0 Å². The molecule has 0 radical (unpaired) electrons. The predicted molar refractivity (Wildman–Crippen MR) is 32.9 cm³/mol. The molecular formula is H11MgN2O6P. The van der Waals surface area contributed by atoms with Crippen LogP contribution in [0, 0.1) is 0 Å². The fourth-order valence-corrected chi connectivity index (χ4v) is 0. The molecule has 0 bridgehead atoms. The van der Waals surface area contributed by atoms with Gasteiger partial charge in [-0.15, -0.1) is 0 Å². The summed E-state index contributed by atoms with van der Waals surface area (Å²) in [6.45, 7) is 0. The van der Waals surface area contributed by atoms with E-state index in [1.54, 1.807) is 0 Å². The van der Waals surface area contributed by atoms with Gasteiger partial charge in [-0.2, -0.15) is 0 Å². The van der Waals surface area contributed by atoms with Gasteiger partial charge >= 0.3 is 23.1 Å². The largest absolute Gasteiger partial charge is 2.00 e. The molecule has 0 aliphatic rings. The maximum atomic E-state index is 8.66.